The number of Topliss-reactive ketones (excluding diaryl/α,β-unsaturated/α-hetero) is 2. The second-order valence-electron chi connectivity index (χ2n) is 45.8. The van der Waals surface area contributed by atoms with Gasteiger partial charge in [0.25, 0.3) is 0 Å². The van der Waals surface area contributed by atoms with E-state index in [1.54, 1.807) is 180 Å². The van der Waals surface area contributed by atoms with Crippen LogP contribution in [0.25, 0.3) is 0 Å². The van der Waals surface area contributed by atoms with E-state index in [0.29, 0.717) is 185 Å². The van der Waals surface area contributed by atoms with E-state index < -0.39 is 160 Å². The highest BCUT2D eigenvalue weighted by Gasteiger charge is 2.33. The molecule has 149 heavy (non-hydrogen) atoms. The lowest BCUT2D eigenvalue weighted by atomic mass is 9.99. The van der Waals surface area contributed by atoms with Gasteiger partial charge in [0.05, 0.1) is 12.1 Å². The largest absolute Gasteiger partial charge is 0.492 e. The average molecular weight is 2100 g/mol. The third-order valence-electron chi connectivity index (χ3n) is 21.7. The van der Waals surface area contributed by atoms with Crippen molar-refractivity contribution in [1.29, 1.82) is 0 Å². The number of aliphatic imine (C=N–C) groups is 2. The summed E-state index contributed by atoms with van der Waals surface area (Å²) in [6.45, 7) is 47.9. The molecule has 13 amide bonds. The first-order chi connectivity index (χ1) is 69.4. The fourth-order valence-corrected chi connectivity index (χ4v) is 14.9. The van der Waals surface area contributed by atoms with Gasteiger partial charge < -0.3 is 106 Å². The lowest BCUT2D eigenvalue weighted by Crippen LogP contribution is -2.48. The van der Waals surface area contributed by atoms with E-state index in [1.165, 1.54) is 0 Å². The topological polar surface area (TPSA) is 509 Å². The molecular formula is C110H186N14O25. The molecule has 39 heteroatoms. The summed E-state index contributed by atoms with van der Waals surface area (Å²) in [5, 5.41) is 31.0. The number of alkyl carbamates (subject to hydrolysis) is 7. The van der Waals surface area contributed by atoms with Crippen LogP contribution in [0.15, 0.2) is 64.6 Å². The van der Waals surface area contributed by atoms with E-state index in [4.69, 9.17) is 47.4 Å². The van der Waals surface area contributed by atoms with E-state index in [2.05, 4.69) is 73.4 Å². The van der Waals surface area contributed by atoms with Crippen LogP contribution in [0, 0.1) is 0 Å². The molecule has 11 N–H and O–H groups in total. The number of carbonyl (C=O) groups is 15. The van der Waals surface area contributed by atoms with Crippen molar-refractivity contribution >= 4 is 101 Å². The summed E-state index contributed by atoms with van der Waals surface area (Å²) in [5.74, 6) is -1.63. The molecule has 0 bridgehead atoms. The molecule has 6 atom stereocenters. The summed E-state index contributed by atoms with van der Waals surface area (Å²) in [7, 11) is 0. The number of ketones is 2. The monoisotopic (exact) mass is 2100 g/mol. The summed E-state index contributed by atoms with van der Waals surface area (Å²) in [5.41, 5.74) is -3.32. The Morgan fingerprint density at radius 1 is 0.275 bits per heavy atom. The van der Waals surface area contributed by atoms with Gasteiger partial charge in [0.1, 0.15) is 87.9 Å². The van der Waals surface area contributed by atoms with Gasteiger partial charge in [-0.1, -0.05) is 93.8 Å². The molecule has 0 saturated heterocycles. The molecule has 39 nitrogen and oxygen atoms in total. The van der Waals surface area contributed by atoms with Crippen molar-refractivity contribution in [3.63, 3.8) is 0 Å². The average Bonchev–Trinajstić information content (AvgIpc) is 0.915. The minimum atomic E-state index is -1.03. The maximum atomic E-state index is 14.3. The number of nitrogens with one attached hydrogen (secondary N) is 11. The fraction of sp³-hybridized carbons (Fsp3) is 0.736. The number of ether oxygens (including phenoxy) is 10. The molecule has 2 rings (SSSR count). The first-order valence-corrected chi connectivity index (χ1v) is 53.4. The molecule has 0 aliphatic heterocycles. The maximum absolute atomic E-state index is 14.3. The van der Waals surface area contributed by atoms with Crippen molar-refractivity contribution in [2.24, 2.45) is 9.98 Å². The molecule has 0 aliphatic rings. The van der Waals surface area contributed by atoms with Gasteiger partial charge >= 0.3 is 54.8 Å². The number of benzene rings is 2. The van der Waals surface area contributed by atoms with Crippen LogP contribution in [0.5, 0.6) is 5.75 Å². The Labute approximate surface area is 886 Å². The molecular weight excluding hydrogens is 1920 g/mol. The Kier molecular flexibility index (Phi) is 62.0. The number of hydrogen-bond acceptors (Lipinski definition) is 26. The number of hydrogen-bond donors (Lipinski definition) is 11. The predicted molar refractivity (Wildman–Crippen MR) is 575 cm³/mol. The Morgan fingerprint density at radius 3 is 0.866 bits per heavy atom. The molecule has 0 unspecified atom stereocenters. The molecule has 0 aromatic heterocycles. The van der Waals surface area contributed by atoms with Crippen molar-refractivity contribution in [1.82, 2.24) is 63.4 Å². The number of rotatable bonds is 65. The number of aryl methyl sites for hydroxylation is 1. The van der Waals surface area contributed by atoms with Crippen LogP contribution in [0.4, 0.5) is 43.2 Å². The van der Waals surface area contributed by atoms with Gasteiger partial charge in [-0.25, -0.2) is 43.2 Å². The zero-order chi connectivity index (χ0) is 112. The number of carbonyl (C=O) groups excluding carboxylic acids is 15. The quantitative estimate of drug-likeness (QED) is 0.0166. The lowest BCUT2D eigenvalue weighted by Gasteiger charge is -2.25. The van der Waals surface area contributed by atoms with E-state index in [1.807, 2.05) is 54.6 Å². The van der Waals surface area contributed by atoms with Crippen molar-refractivity contribution in [3.8, 4) is 5.75 Å². The van der Waals surface area contributed by atoms with E-state index in [-0.39, 0.29) is 89.5 Å². The third kappa shape index (κ3) is 73.4. The van der Waals surface area contributed by atoms with Crippen molar-refractivity contribution in [2.75, 3.05) is 59.0 Å². The molecule has 0 saturated carbocycles. The van der Waals surface area contributed by atoms with E-state index in [9.17, 15) is 71.9 Å². The van der Waals surface area contributed by atoms with Crippen LogP contribution in [0.1, 0.15) is 384 Å². The van der Waals surface area contributed by atoms with Gasteiger partial charge in [-0.2, -0.15) is 9.98 Å². The van der Waals surface area contributed by atoms with E-state index in [0.717, 1.165) is 30.4 Å². The Balaban J connectivity index is 2.30. The minimum absolute atomic E-state index is 0.0599. The number of unbranched alkanes of at least 4 members (excludes halogenated alkanes) is 11. The van der Waals surface area contributed by atoms with Crippen molar-refractivity contribution < 1.29 is 119 Å². The second-order valence-corrected chi connectivity index (χ2v) is 45.8. The van der Waals surface area contributed by atoms with Gasteiger partial charge in [-0.05, 0) is 351 Å². The van der Waals surface area contributed by atoms with E-state index >= 15 is 0 Å². The molecule has 0 fully saturated rings. The van der Waals surface area contributed by atoms with Crippen LogP contribution < -0.4 is 63.2 Å². The fourth-order valence-electron chi connectivity index (χ4n) is 14.9. The molecule has 0 aliphatic carbocycles. The standard InChI is InChI=1S/C110H186N14O25/c1-77(116-95(132)142-103(3,4)5)50-32-27-36-57-84(120-99(136)146-107(15,16)17)90(127)111-67-46-43-55-82(118-97(134)144-105(9,10)11)88(125)61-40-30-38-59-86(122-101(138)148-109(21,22)23)92(129)113-70-48-72-124(74-75-140-81-65-63-79(64-66-81)52-42-45-69-115-94(131)141-76-80-53-34-29-35-54-80)73-49-71-114-93(130)87(123-102(139)149-110(24,25)26)60-39-31-41-62-89(126)83(119-98(135)145-106(12,13)14)56-44-47-68-112-91(128)85(121-100(137)147-108(18,19)20)58-37-28-33-51-78(2)117-96(133)143-104(6,7)8/h29,34-35,53-54,63-66,82-87H,27-28,30-33,36-52,55-62,67-76H2,1-26H3,(H,111,127)(H,112,128)(H,113,129)(H,114,130)(H,115,131)(H,118,134)(H,119,135)(H,120,136)(H,121,137)(H,122,138)(H,123,139)/t82-,83-,84-,85-,86-,87-/m0/s1. The second kappa shape index (κ2) is 69.1. The summed E-state index contributed by atoms with van der Waals surface area (Å²) >= 11 is 0. The van der Waals surface area contributed by atoms with Gasteiger partial charge in [-0.3, -0.25) is 33.7 Å². The number of amides is 13. The molecule has 0 spiro atoms. The van der Waals surface area contributed by atoms with Crippen LogP contribution in [-0.2, 0) is 84.4 Å². The van der Waals surface area contributed by atoms with Crippen LogP contribution in [0.3, 0.4) is 0 Å². The highest BCUT2D eigenvalue weighted by molar-refractivity contribution is 5.93. The van der Waals surface area contributed by atoms with Crippen LogP contribution in [0.2, 0.25) is 0 Å². The van der Waals surface area contributed by atoms with Crippen molar-refractivity contribution in [2.45, 2.75) is 467 Å². The molecule has 846 valence electrons. The summed E-state index contributed by atoms with van der Waals surface area (Å²) < 4.78 is 55.5. The maximum Gasteiger partial charge on any atom is 0.434 e. The number of nitrogens with zero attached hydrogens (tertiary/aromatic N) is 3. The molecule has 0 heterocycles. The highest BCUT2D eigenvalue weighted by Crippen LogP contribution is 2.23. The normalized spacial score (nSPS) is 13.4. The molecule has 0 radical (unpaired) electrons. The smallest absolute Gasteiger partial charge is 0.434 e. The lowest BCUT2D eigenvalue weighted by molar-refractivity contribution is -0.124. The minimum Gasteiger partial charge on any atom is -0.492 e. The first-order valence-electron chi connectivity index (χ1n) is 53.4. The molecule has 2 aromatic rings. The predicted octanol–water partition coefficient (Wildman–Crippen LogP) is 19.3. The van der Waals surface area contributed by atoms with Gasteiger partial charge in [0.15, 0.2) is 11.6 Å². The summed E-state index contributed by atoms with van der Waals surface area (Å²) in [4.78, 5) is 210. The first kappa shape index (κ1) is 134. The van der Waals surface area contributed by atoms with Crippen LogP contribution >= 0.6 is 0 Å². The summed E-state index contributed by atoms with van der Waals surface area (Å²) in [6.07, 6.45) is 7.27. The zero-order valence-corrected chi connectivity index (χ0v) is 94.7. The third-order valence-corrected chi connectivity index (χ3v) is 21.7. The Hall–Kier alpha value is -11.4. The van der Waals surface area contributed by atoms with Gasteiger partial charge in [0.2, 0.25) is 23.6 Å². The van der Waals surface area contributed by atoms with Crippen LogP contribution in [-0.4, -0.2) is 246 Å². The Morgan fingerprint density at radius 2 is 0.550 bits per heavy atom. The highest BCUT2D eigenvalue weighted by atomic mass is 16.6. The zero-order valence-electron chi connectivity index (χ0n) is 94.7. The molecule has 2 aromatic carbocycles. The van der Waals surface area contributed by atoms with Gasteiger partial charge in [-0.15, -0.1) is 0 Å². The van der Waals surface area contributed by atoms with Gasteiger partial charge in [0, 0.05) is 63.5 Å². The van der Waals surface area contributed by atoms with Crippen molar-refractivity contribution in [3.05, 3.63) is 65.7 Å². The Bertz CT molecular complexity index is 4230. The summed E-state index contributed by atoms with van der Waals surface area (Å²) in [6, 6.07) is 11.4. The SMILES string of the molecule is CC(CCCCC[C@H](NC(=O)OC(C)(C)C)C(=O)NCCCC[C@H](NC(=O)OC(C)(C)C)C(=O)CCCCC[C@H](NC(=O)OC(C)(C)C)C(=O)NCCCN(CCCNC(=O)[C@H](CCCCCC(=O)[C@H](CCCCNC(=O)[C@H](CCCCCC(C)=NC(=O)OC(C)(C)C)NC(=O)OC(C)(C)C)NC(=O)OC(C)(C)C)NC(=O)OC(C)(C)C)CCOc1ccc(CCCCNC(=O)OCc2ccccc2)cc1)=NC(=O)OC(C)(C)C.